The van der Waals surface area contributed by atoms with Crippen molar-refractivity contribution in [2.75, 3.05) is 7.11 Å². The fraction of sp³-hybridized carbons (Fsp3) is 0.174. The van der Waals surface area contributed by atoms with Crippen molar-refractivity contribution in [2.24, 2.45) is 5.10 Å². The summed E-state index contributed by atoms with van der Waals surface area (Å²) in [6.07, 6.45) is 0.618. The van der Waals surface area contributed by atoms with Crippen molar-refractivity contribution in [1.82, 2.24) is 25.2 Å². The summed E-state index contributed by atoms with van der Waals surface area (Å²) >= 11 is 1.53. The fourth-order valence-corrected chi connectivity index (χ4v) is 4.29. The third-order valence-corrected chi connectivity index (χ3v) is 6.11. The molecule has 2 aromatic heterocycles. The Kier molecular flexibility index (Phi) is 5.47. The topological polar surface area (TPSA) is 85.5 Å². The fourth-order valence-electron chi connectivity index (χ4n) is 3.64. The number of hydrogen-bond acceptors (Lipinski definition) is 7. The van der Waals surface area contributed by atoms with Crippen molar-refractivity contribution in [3.8, 4) is 16.5 Å². The van der Waals surface area contributed by atoms with Crippen molar-refractivity contribution in [3.63, 3.8) is 0 Å². The SMILES string of the molecule is COc1ccc([C@H]2CC(c3ccccc3)=NN2C(=O)Cn2nnc(-c3cccs3)n2)cc1. The van der Waals surface area contributed by atoms with Crippen molar-refractivity contribution in [2.45, 2.75) is 19.0 Å². The monoisotopic (exact) mass is 444 g/mol. The molecule has 0 N–H and O–H groups in total. The molecule has 32 heavy (non-hydrogen) atoms. The summed E-state index contributed by atoms with van der Waals surface area (Å²) in [6.45, 7) is -0.0450. The Hall–Kier alpha value is -3.85. The summed E-state index contributed by atoms with van der Waals surface area (Å²) < 4.78 is 5.27. The minimum Gasteiger partial charge on any atom is -0.497 e. The second-order valence-corrected chi connectivity index (χ2v) is 8.21. The van der Waals surface area contributed by atoms with Gasteiger partial charge < -0.3 is 4.74 Å². The van der Waals surface area contributed by atoms with Crippen molar-refractivity contribution < 1.29 is 9.53 Å². The number of hydrazone groups is 1. The molecule has 0 saturated heterocycles. The van der Waals surface area contributed by atoms with E-state index in [4.69, 9.17) is 9.84 Å². The number of carbonyl (C=O) groups is 1. The molecular weight excluding hydrogens is 424 g/mol. The third kappa shape index (κ3) is 4.02. The maximum Gasteiger partial charge on any atom is 0.266 e. The normalized spacial score (nSPS) is 15.6. The highest BCUT2D eigenvalue weighted by molar-refractivity contribution is 7.13. The lowest BCUT2D eigenvalue weighted by Crippen LogP contribution is -2.31. The highest BCUT2D eigenvalue weighted by atomic mass is 32.1. The Labute approximate surface area is 188 Å². The smallest absolute Gasteiger partial charge is 0.266 e. The van der Waals surface area contributed by atoms with E-state index >= 15 is 0 Å². The van der Waals surface area contributed by atoms with Gasteiger partial charge in [0.1, 0.15) is 12.3 Å². The number of hydrogen-bond donors (Lipinski definition) is 0. The van der Waals surface area contributed by atoms with Gasteiger partial charge in [-0.3, -0.25) is 4.79 Å². The summed E-state index contributed by atoms with van der Waals surface area (Å²) in [5, 5.41) is 20.7. The number of carbonyl (C=O) groups excluding carboxylic acids is 1. The molecule has 1 atom stereocenters. The molecule has 2 aromatic carbocycles. The van der Waals surface area contributed by atoms with Crippen LogP contribution in [0, 0.1) is 0 Å². The minimum atomic E-state index is -0.219. The highest BCUT2D eigenvalue weighted by Gasteiger charge is 2.33. The summed E-state index contributed by atoms with van der Waals surface area (Å²) in [5.74, 6) is 1.07. The first-order valence-electron chi connectivity index (χ1n) is 10.1. The van der Waals surface area contributed by atoms with Crippen LogP contribution >= 0.6 is 11.3 Å². The van der Waals surface area contributed by atoms with Gasteiger partial charge in [-0.2, -0.15) is 9.90 Å². The average Bonchev–Trinajstić information content (AvgIpc) is 3.60. The molecule has 3 heterocycles. The number of benzene rings is 2. The van der Waals surface area contributed by atoms with Crippen LogP contribution in [0.4, 0.5) is 0 Å². The van der Waals surface area contributed by atoms with Crippen LogP contribution in [0.25, 0.3) is 10.7 Å². The first-order valence-corrected chi connectivity index (χ1v) is 11.0. The number of thiophene rings is 1. The number of nitrogens with zero attached hydrogens (tertiary/aromatic N) is 6. The predicted octanol–water partition coefficient (Wildman–Crippen LogP) is 3.79. The lowest BCUT2D eigenvalue weighted by molar-refractivity contribution is -0.134. The van der Waals surface area contributed by atoms with Gasteiger partial charge in [0.05, 0.1) is 23.7 Å². The van der Waals surface area contributed by atoms with Gasteiger partial charge in [-0.1, -0.05) is 48.5 Å². The van der Waals surface area contributed by atoms with Crippen molar-refractivity contribution in [1.29, 1.82) is 0 Å². The maximum absolute atomic E-state index is 13.3. The summed E-state index contributed by atoms with van der Waals surface area (Å²) in [7, 11) is 1.63. The first-order chi connectivity index (χ1) is 15.7. The van der Waals surface area contributed by atoms with Crippen LogP contribution in [0.2, 0.25) is 0 Å². The van der Waals surface area contributed by atoms with E-state index in [9.17, 15) is 4.79 Å². The molecule has 0 radical (unpaired) electrons. The summed E-state index contributed by atoms with van der Waals surface area (Å²) in [4.78, 5) is 15.5. The van der Waals surface area contributed by atoms with E-state index in [1.165, 1.54) is 21.1 Å². The van der Waals surface area contributed by atoms with Gasteiger partial charge in [-0.15, -0.1) is 21.5 Å². The second-order valence-electron chi connectivity index (χ2n) is 7.26. The number of ether oxygens (including phenoxy) is 1. The van der Waals surface area contributed by atoms with E-state index in [1.807, 2.05) is 72.1 Å². The number of amides is 1. The molecule has 1 aliphatic rings. The maximum atomic E-state index is 13.3. The van der Waals surface area contributed by atoms with Gasteiger partial charge >= 0.3 is 0 Å². The van der Waals surface area contributed by atoms with Crippen LogP contribution in [0.1, 0.15) is 23.6 Å². The molecule has 0 spiro atoms. The van der Waals surface area contributed by atoms with E-state index < -0.39 is 0 Å². The molecule has 0 bridgehead atoms. The molecule has 5 rings (SSSR count). The van der Waals surface area contributed by atoms with E-state index in [0.717, 1.165) is 27.5 Å². The van der Waals surface area contributed by atoms with E-state index in [0.29, 0.717) is 12.2 Å². The molecule has 1 amide bonds. The van der Waals surface area contributed by atoms with Crippen LogP contribution in [0.15, 0.2) is 77.2 Å². The molecule has 0 saturated carbocycles. The van der Waals surface area contributed by atoms with E-state index in [-0.39, 0.29) is 18.5 Å². The molecular formula is C23H20N6O2S. The van der Waals surface area contributed by atoms with E-state index in [2.05, 4.69) is 15.4 Å². The molecule has 4 aromatic rings. The van der Waals surface area contributed by atoms with Crippen molar-refractivity contribution in [3.05, 3.63) is 83.2 Å². The number of tetrazole rings is 1. The largest absolute Gasteiger partial charge is 0.497 e. The zero-order valence-electron chi connectivity index (χ0n) is 17.3. The third-order valence-electron chi connectivity index (χ3n) is 5.24. The summed E-state index contributed by atoms with van der Waals surface area (Å²) in [6, 6.07) is 21.3. The first kappa shape index (κ1) is 20.1. The van der Waals surface area contributed by atoms with Gasteiger partial charge in [-0.25, -0.2) is 5.01 Å². The summed E-state index contributed by atoms with van der Waals surface area (Å²) in [5.41, 5.74) is 2.85. The second kappa shape index (κ2) is 8.72. The Morgan fingerprint density at radius 2 is 1.91 bits per heavy atom. The quantitative estimate of drug-likeness (QED) is 0.452. The molecule has 1 aliphatic heterocycles. The van der Waals surface area contributed by atoms with Crippen LogP contribution in [0.5, 0.6) is 5.75 Å². The molecule has 0 unspecified atom stereocenters. The lowest BCUT2D eigenvalue weighted by atomic mass is 9.98. The molecule has 160 valence electrons. The number of rotatable bonds is 6. The van der Waals surface area contributed by atoms with Crippen molar-refractivity contribution >= 4 is 23.0 Å². The molecule has 0 fully saturated rings. The Balaban J connectivity index is 1.41. The highest BCUT2D eigenvalue weighted by Crippen LogP contribution is 2.33. The zero-order chi connectivity index (χ0) is 21.9. The van der Waals surface area contributed by atoms with Gasteiger partial charge in [0, 0.05) is 6.42 Å². The van der Waals surface area contributed by atoms with Crippen LogP contribution in [-0.4, -0.2) is 43.9 Å². The zero-order valence-corrected chi connectivity index (χ0v) is 18.1. The Morgan fingerprint density at radius 3 is 2.62 bits per heavy atom. The van der Waals surface area contributed by atoms with Gasteiger partial charge in [0.2, 0.25) is 5.82 Å². The van der Waals surface area contributed by atoms with Gasteiger partial charge in [0.15, 0.2) is 0 Å². The molecule has 9 heteroatoms. The van der Waals surface area contributed by atoms with Gasteiger partial charge in [-0.05, 0) is 39.9 Å². The standard InChI is InChI=1S/C23H20N6O2S/c1-31-18-11-9-17(10-12-18)20-14-19(16-6-3-2-4-7-16)25-29(20)22(30)15-28-26-23(24-27-28)21-8-5-13-32-21/h2-13,20H,14-15H2,1H3/t20-/m1/s1. The molecule has 0 aliphatic carbocycles. The predicted molar refractivity (Wildman–Crippen MR) is 121 cm³/mol. The average molecular weight is 445 g/mol. The van der Waals surface area contributed by atoms with Crippen LogP contribution in [0.3, 0.4) is 0 Å². The number of aromatic nitrogens is 4. The molecule has 8 nitrogen and oxygen atoms in total. The number of methoxy groups -OCH3 is 1. The van der Waals surface area contributed by atoms with Crippen LogP contribution in [-0.2, 0) is 11.3 Å². The van der Waals surface area contributed by atoms with Crippen LogP contribution < -0.4 is 4.74 Å². The Bertz CT molecular complexity index is 1240. The lowest BCUT2D eigenvalue weighted by Gasteiger charge is -2.22. The minimum absolute atomic E-state index is 0.0450. The van der Waals surface area contributed by atoms with Gasteiger partial charge in [0.25, 0.3) is 5.91 Å². The van der Waals surface area contributed by atoms with E-state index in [1.54, 1.807) is 7.11 Å². The Morgan fingerprint density at radius 1 is 1.09 bits per heavy atom.